The third-order valence-corrected chi connectivity index (χ3v) is 3.32. The molecule has 1 N–H and O–H groups in total. The molecule has 1 atom stereocenters. The van der Waals surface area contributed by atoms with Crippen LogP contribution in [0.2, 0.25) is 0 Å². The van der Waals surface area contributed by atoms with E-state index in [9.17, 15) is 4.39 Å². The second-order valence-electron chi connectivity index (χ2n) is 4.54. The highest BCUT2D eigenvalue weighted by atomic mass is 19.1. The van der Waals surface area contributed by atoms with Crippen LogP contribution in [0.3, 0.4) is 0 Å². The Kier molecular flexibility index (Phi) is 4.32. The summed E-state index contributed by atoms with van der Waals surface area (Å²) in [4.78, 5) is 0. The van der Waals surface area contributed by atoms with Crippen LogP contribution in [0.4, 0.5) is 4.39 Å². The molecule has 0 spiro atoms. The third kappa shape index (κ3) is 2.95. The van der Waals surface area contributed by atoms with Gasteiger partial charge < -0.3 is 5.32 Å². The first-order valence-corrected chi connectivity index (χ1v) is 6.49. The molecule has 0 heterocycles. The molecule has 1 aromatic rings. The molecule has 1 unspecified atom stereocenters. The van der Waals surface area contributed by atoms with Gasteiger partial charge in [0.2, 0.25) is 0 Å². The van der Waals surface area contributed by atoms with E-state index in [1.54, 1.807) is 12.1 Å². The summed E-state index contributed by atoms with van der Waals surface area (Å²) in [6.45, 7) is 2.92. The minimum absolute atomic E-state index is 0.0569. The lowest BCUT2D eigenvalue weighted by Gasteiger charge is -2.24. The molecule has 0 saturated heterocycles. The first-order valence-electron chi connectivity index (χ1n) is 6.49. The van der Waals surface area contributed by atoms with Gasteiger partial charge in [-0.25, -0.2) is 4.39 Å². The average molecular weight is 233 g/mol. The molecule has 1 aromatic carbocycles. The van der Waals surface area contributed by atoms with Crippen molar-refractivity contribution >= 4 is 0 Å². The second kappa shape index (κ2) is 5.97. The fraction of sp³-hybridized carbons (Fsp3) is 0.467. The molecule has 2 rings (SSSR count). The van der Waals surface area contributed by atoms with E-state index in [0.29, 0.717) is 0 Å². The SMILES string of the molecule is CCNC(C1=CCCCC1)c1ccccc1F. The maximum atomic E-state index is 13.9. The van der Waals surface area contributed by atoms with Crippen LogP contribution in [0.1, 0.15) is 44.2 Å². The molecule has 0 aliphatic heterocycles. The molecule has 0 fully saturated rings. The molecule has 0 aromatic heterocycles. The van der Waals surface area contributed by atoms with Crippen molar-refractivity contribution in [2.24, 2.45) is 0 Å². The van der Waals surface area contributed by atoms with Crippen molar-refractivity contribution in [3.8, 4) is 0 Å². The summed E-state index contributed by atoms with van der Waals surface area (Å²) in [6, 6.07) is 7.14. The monoisotopic (exact) mass is 233 g/mol. The van der Waals surface area contributed by atoms with Crippen LogP contribution in [0.15, 0.2) is 35.9 Å². The van der Waals surface area contributed by atoms with Crippen molar-refractivity contribution in [1.82, 2.24) is 5.32 Å². The van der Waals surface area contributed by atoms with E-state index in [-0.39, 0.29) is 11.9 Å². The molecular formula is C15H20FN. The third-order valence-electron chi connectivity index (χ3n) is 3.32. The largest absolute Gasteiger partial charge is 0.307 e. The topological polar surface area (TPSA) is 12.0 Å². The van der Waals surface area contributed by atoms with Crippen LogP contribution in [0.25, 0.3) is 0 Å². The van der Waals surface area contributed by atoms with E-state index in [4.69, 9.17) is 0 Å². The van der Waals surface area contributed by atoms with E-state index in [1.807, 2.05) is 12.1 Å². The summed E-state index contributed by atoms with van der Waals surface area (Å²) in [5, 5.41) is 3.40. The molecule has 1 nitrogen and oxygen atoms in total. The number of nitrogens with one attached hydrogen (secondary N) is 1. The lowest BCUT2D eigenvalue weighted by molar-refractivity contribution is 0.527. The summed E-state index contributed by atoms with van der Waals surface area (Å²) in [6.07, 6.45) is 6.99. The van der Waals surface area contributed by atoms with Crippen LogP contribution in [0, 0.1) is 5.82 Å². The van der Waals surface area contributed by atoms with E-state index in [2.05, 4.69) is 18.3 Å². The van der Waals surface area contributed by atoms with Crippen LogP contribution in [0.5, 0.6) is 0 Å². The first-order chi connectivity index (χ1) is 8.33. The summed E-state index contributed by atoms with van der Waals surface area (Å²) in [5.74, 6) is -0.107. The minimum Gasteiger partial charge on any atom is -0.307 e. The Morgan fingerprint density at radius 3 is 2.76 bits per heavy atom. The van der Waals surface area contributed by atoms with Crippen LogP contribution >= 0.6 is 0 Å². The number of allylic oxidation sites excluding steroid dienone is 1. The van der Waals surface area contributed by atoms with E-state index in [1.165, 1.54) is 18.4 Å². The minimum atomic E-state index is -0.107. The quantitative estimate of drug-likeness (QED) is 0.776. The molecule has 2 heteroatoms. The van der Waals surface area contributed by atoms with E-state index in [0.717, 1.165) is 24.9 Å². The number of rotatable bonds is 4. The van der Waals surface area contributed by atoms with Gasteiger partial charge in [-0.2, -0.15) is 0 Å². The summed E-state index contributed by atoms with van der Waals surface area (Å²) < 4.78 is 13.9. The Labute approximate surface area is 103 Å². The number of halogens is 1. The van der Waals surface area contributed by atoms with E-state index >= 15 is 0 Å². The Balaban J connectivity index is 2.28. The lowest BCUT2D eigenvalue weighted by atomic mass is 9.89. The van der Waals surface area contributed by atoms with Gasteiger partial charge in [0.1, 0.15) is 5.82 Å². The van der Waals surface area contributed by atoms with Crippen LogP contribution in [-0.4, -0.2) is 6.54 Å². The fourth-order valence-electron chi connectivity index (χ4n) is 2.48. The summed E-state index contributed by atoms with van der Waals surface area (Å²) >= 11 is 0. The number of likely N-dealkylation sites (N-methyl/N-ethyl adjacent to an activating group) is 1. The predicted octanol–water partition coefficient (Wildman–Crippen LogP) is 3.98. The molecule has 0 amide bonds. The maximum absolute atomic E-state index is 13.9. The predicted molar refractivity (Wildman–Crippen MR) is 69.4 cm³/mol. The lowest BCUT2D eigenvalue weighted by Crippen LogP contribution is -2.24. The molecule has 0 saturated carbocycles. The highest BCUT2D eigenvalue weighted by Crippen LogP contribution is 2.30. The zero-order valence-corrected chi connectivity index (χ0v) is 10.4. The maximum Gasteiger partial charge on any atom is 0.128 e. The van der Waals surface area contributed by atoms with Gasteiger partial charge in [0, 0.05) is 5.56 Å². The van der Waals surface area contributed by atoms with Gasteiger partial charge in [-0.05, 0) is 38.3 Å². The zero-order chi connectivity index (χ0) is 12.1. The normalized spacial score (nSPS) is 17.6. The van der Waals surface area contributed by atoms with Gasteiger partial charge in [-0.3, -0.25) is 0 Å². The van der Waals surface area contributed by atoms with Crippen molar-refractivity contribution in [2.45, 2.75) is 38.6 Å². The summed E-state index contributed by atoms with van der Waals surface area (Å²) in [5.41, 5.74) is 2.13. The highest BCUT2D eigenvalue weighted by molar-refractivity contribution is 5.30. The standard InChI is InChI=1S/C15H20FN/c1-2-17-15(12-8-4-3-5-9-12)13-10-6-7-11-14(13)16/h6-8,10-11,15,17H,2-5,9H2,1H3. The van der Waals surface area contributed by atoms with Crippen molar-refractivity contribution in [3.05, 3.63) is 47.3 Å². The van der Waals surface area contributed by atoms with Gasteiger partial charge in [-0.15, -0.1) is 0 Å². The van der Waals surface area contributed by atoms with Crippen LogP contribution in [-0.2, 0) is 0 Å². The first kappa shape index (κ1) is 12.3. The molecule has 0 radical (unpaired) electrons. The molecule has 1 aliphatic carbocycles. The second-order valence-corrected chi connectivity index (χ2v) is 4.54. The molecule has 1 aliphatic rings. The van der Waals surface area contributed by atoms with Crippen LogP contribution < -0.4 is 5.32 Å². The van der Waals surface area contributed by atoms with Gasteiger partial charge in [0.15, 0.2) is 0 Å². The molecule has 17 heavy (non-hydrogen) atoms. The fourth-order valence-corrected chi connectivity index (χ4v) is 2.48. The van der Waals surface area contributed by atoms with Gasteiger partial charge in [0.05, 0.1) is 6.04 Å². The van der Waals surface area contributed by atoms with Gasteiger partial charge in [0.25, 0.3) is 0 Å². The Morgan fingerprint density at radius 1 is 1.29 bits per heavy atom. The van der Waals surface area contributed by atoms with Crippen molar-refractivity contribution in [3.63, 3.8) is 0 Å². The molecule has 92 valence electrons. The van der Waals surface area contributed by atoms with Gasteiger partial charge in [-0.1, -0.05) is 36.8 Å². The number of hydrogen-bond donors (Lipinski definition) is 1. The van der Waals surface area contributed by atoms with Crippen molar-refractivity contribution in [1.29, 1.82) is 0 Å². The highest BCUT2D eigenvalue weighted by Gasteiger charge is 2.19. The smallest absolute Gasteiger partial charge is 0.128 e. The summed E-state index contributed by atoms with van der Waals surface area (Å²) in [7, 11) is 0. The Bertz CT molecular complexity index is 398. The zero-order valence-electron chi connectivity index (χ0n) is 10.4. The number of benzene rings is 1. The molecule has 0 bridgehead atoms. The van der Waals surface area contributed by atoms with Gasteiger partial charge >= 0.3 is 0 Å². The molecular weight excluding hydrogens is 213 g/mol. The van der Waals surface area contributed by atoms with Crippen molar-refractivity contribution in [2.75, 3.05) is 6.54 Å². The van der Waals surface area contributed by atoms with E-state index < -0.39 is 0 Å². The Hall–Kier alpha value is -1.15. The number of hydrogen-bond acceptors (Lipinski definition) is 1. The average Bonchev–Trinajstić information content (AvgIpc) is 2.38. The Morgan fingerprint density at radius 2 is 2.12 bits per heavy atom. The van der Waals surface area contributed by atoms with Crippen molar-refractivity contribution < 1.29 is 4.39 Å².